The van der Waals surface area contributed by atoms with E-state index in [0.717, 1.165) is 12.1 Å². The van der Waals surface area contributed by atoms with E-state index in [9.17, 15) is 9.18 Å². The molecule has 0 spiro atoms. The Morgan fingerprint density at radius 2 is 2.13 bits per heavy atom. The molecular weight excluding hydrogens is 201 g/mol. The molecule has 0 heterocycles. The summed E-state index contributed by atoms with van der Waals surface area (Å²) in [6.07, 6.45) is 0. The van der Waals surface area contributed by atoms with E-state index >= 15 is 0 Å². The van der Waals surface area contributed by atoms with Gasteiger partial charge in [0.2, 0.25) is 0 Å². The SMILES string of the molecule is NC[C@@H](N)c1cc(C(=O)O)c(N)cc1F. The van der Waals surface area contributed by atoms with Crippen LogP contribution in [0, 0.1) is 5.82 Å². The van der Waals surface area contributed by atoms with Crippen LogP contribution >= 0.6 is 0 Å². The number of carboxylic acids is 1. The molecule has 0 unspecified atom stereocenters. The number of hydrogen-bond donors (Lipinski definition) is 4. The van der Waals surface area contributed by atoms with Crippen molar-refractivity contribution in [3.8, 4) is 0 Å². The minimum Gasteiger partial charge on any atom is -0.478 e. The van der Waals surface area contributed by atoms with Crippen molar-refractivity contribution in [1.29, 1.82) is 0 Å². The molecule has 0 aliphatic heterocycles. The molecule has 0 aromatic heterocycles. The standard InChI is InChI=1S/C9H12FN3O2/c10-6-2-7(12)5(9(14)15)1-4(6)8(13)3-11/h1-2,8H,3,11-13H2,(H,14,15)/t8-/m1/s1. The summed E-state index contributed by atoms with van der Waals surface area (Å²) in [5, 5.41) is 8.76. The van der Waals surface area contributed by atoms with Crippen molar-refractivity contribution in [3.05, 3.63) is 29.1 Å². The molecule has 0 aliphatic rings. The van der Waals surface area contributed by atoms with Crippen LogP contribution in [0.4, 0.5) is 10.1 Å². The summed E-state index contributed by atoms with van der Waals surface area (Å²) in [5.41, 5.74) is 15.9. The number of halogens is 1. The second kappa shape index (κ2) is 4.24. The molecule has 6 heteroatoms. The number of aromatic carboxylic acids is 1. The third-order valence-electron chi connectivity index (χ3n) is 2.05. The van der Waals surface area contributed by atoms with Crippen LogP contribution in [0.15, 0.2) is 12.1 Å². The highest BCUT2D eigenvalue weighted by molar-refractivity contribution is 5.93. The van der Waals surface area contributed by atoms with Gasteiger partial charge in [0, 0.05) is 23.8 Å². The molecule has 1 atom stereocenters. The van der Waals surface area contributed by atoms with Gasteiger partial charge >= 0.3 is 5.97 Å². The van der Waals surface area contributed by atoms with Gasteiger partial charge in [-0.15, -0.1) is 0 Å². The van der Waals surface area contributed by atoms with Crippen molar-refractivity contribution < 1.29 is 14.3 Å². The molecule has 1 aromatic rings. The van der Waals surface area contributed by atoms with E-state index < -0.39 is 17.8 Å². The second-order valence-corrected chi connectivity index (χ2v) is 3.11. The summed E-state index contributed by atoms with van der Waals surface area (Å²) in [6, 6.07) is 1.32. The zero-order valence-corrected chi connectivity index (χ0v) is 7.90. The highest BCUT2D eigenvalue weighted by Crippen LogP contribution is 2.21. The molecule has 82 valence electrons. The minimum absolute atomic E-state index is 0.0277. The third kappa shape index (κ3) is 2.23. The Balaban J connectivity index is 3.29. The molecular formula is C9H12FN3O2. The van der Waals surface area contributed by atoms with Crippen LogP contribution in [0.1, 0.15) is 22.0 Å². The first-order valence-electron chi connectivity index (χ1n) is 4.25. The normalized spacial score (nSPS) is 12.5. The van der Waals surface area contributed by atoms with Gasteiger partial charge in [-0.1, -0.05) is 0 Å². The number of anilines is 1. The maximum Gasteiger partial charge on any atom is 0.337 e. The zero-order valence-electron chi connectivity index (χ0n) is 7.90. The fourth-order valence-corrected chi connectivity index (χ4v) is 1.20. The number of nitrogen functional groups attached to an aromatic ring is 1. The van der Waals surface area contributed by atoms with E-state index in [2.05, 4.69) is 0 Å². The summed E-state index contributed by atoms with van der Waals surface area (Å²) >= 11 is 0. The van der Waals surface area contributed by atoms with Crippen molar-refractivity contribution >= 4 is 11.7 Å². The van der Waals surface area contributed by atoms with Crippen molar-refractivity contribution in [2.75, 3.05) is 12.3 Å². The Morgan fingerprint density at radius 1 is 1.53 bits per heavy atom. The first kappa shape index (κ1) is 11.4. The molecule has 0 saturated heterocycles. The molecule has 1 aromatic carbocycles. The van der Waals surface area contributed by atoms with Gasteiger partial charge in [0.15, 0.2) is 0 Å². The average molecular weight is 213 g/mol. The van der Waals surface area contributed by atoms with E-state index in [0.29, 0.717) is 0 Å². The Labute approximate surface area is 85.7 Å². The van der Waals surface area contributed by atoms with E-state index in [-0.39, 0.29) is 23.4 Å². The smallest absolute Gasteiger partial charge is 0.337 e. The molecule has 1 rings (SSSR count). The Hall–Kier alpha value is -1.66. The van der Waals surface area contributed by atoms with Crippen LogP contribution in [0.2, 0.25) is 0 Å². The number of carboxylic acid groups (broad SMARTS) is 1. The molecule has 0 bridgehead atoms. The summed E-state index contributed by atoms with van der Waals surface area (Å²) in [5.74, 6) is -1.87. The lowest BCUT2D eigenvalue weighted by atomic mass is 10.0. The van der Waals surface area contributed by atoms with Gasteiger partial charge in [-0.2, -0.15) is 0 Å². The fourth-order valence-electron chi connectivity index (χ4n) is 1.20. The van der Waals surface area contributed by atoms with Gasteiger partial charge in [0.05, 0.1) is 5.56 Å². The first-order valence-corrected chi connectivity index (χ1v) is 4.25. The van der Waals surface area contributed by atoms with Crippen LogP contribution in [0.5, 0.6) is 0 Å². The van der Waals surface area contributed by atoms with E-state index in [1.165, 1.54) is 0 Å². The zero-order chi connectivity index (χ0) is 11.6. The Morgan fingerprint density at radius 3 is 2.60 bits per heavy atom. The van der Waals surface area contributed by atoms with Crippen LogP contribution in [0.25, 0.3) is 0 Å². The number of hydrogen-bond acceptors (Lipinski definition) is 4. The van der Waals surface area contributed by atoms with Gasteiger partial charge in [0.1, 0.15) is 5.82 Å². The maximum atomic E-state index is 13.3. The van der Waals surface area contributed by atoms with Crippen molar-refractivity contribution in [3.63, 3.8) is 0 Å². The van der Waals surface area contributed by atoms with Crippen LogP contribution in [-0.2, 0) is 0 Å². The van der Waals surface area contributed by atoms with Crippen LogP contribution in [-0.4, -0.2) is 17.6 Å². The van der Waals surface area contributed by atoms with Crippen LogP contribution < -0.4 is 17.2 Å². The predicted molar refractivity (Wildman–Crippen MR) is 53.8 cm³/mol. The van der Waals surface area contributed by atoms with Gasteiger partial charge in [-0.25, -0.2) is 9.18 Å². The molecule has 0 radical (unpaired) electrons. The number of nitrogens with two attached hydrogens (primary N) is 3. The average Bonchev–Trinajstić information content (AvgIpc) is 2.16. The van der Waals surface area contributed by atoms with Gasteiger partial charge in [-0.3, -0.25) is 0 Å². The molecule has 0 amide bonds. The molecule has 0 fully saturated rings. The first-order chi connectivity index (χ1) is 6.97. The summed E-state index contributed by atoms with van der Waals surface area (Å²) in [7, 11) is 0. The number of carbonyl (C=O) groups is 1. The lowest BCUT2D eigenvalue weighted by Crippen LogP contribution is -2.22. The molecule has 5 nitrogen and oxygen atoms in total. The Kier molecular flexibility index (Phi) is 3.23. The van der Waals surface area contributed by atoms with Gasteiger partial charge in [-0.05, 0) is 12.1 Å². The number of rotatable bonds is 3. The Bertz CT molecular complexity index is 395. The maximum absolute atomic E-state index is 13.3. The highest BCUT2D eigenvalue weighted by atomic mass is 19.1. The monoisotopic (exact) mass is 213 g/mol. The van der Waals surface area contributed by atoms with E-state index in [1.807, 2.05) is 0 Å². The van der Waals surface area contributed by atoms with E-state index in [4.69, 9.17) is 22.3 Å². The lowest BCUT2D eigenvalue weighted by Gasteiger charge is -2.12. The second-order valence-electron chi connectivity index (χ2n) is 3.11. The molecule has 15 heavy (non-hydrogen) atoms. The fraction of sp³-hybridized carbons (Fsp3) is 0.222. The summed E-state index contributed by atoms with van der Waals surface area (Å²) < 4.78 is 13.3. The minimum atomic E-state index is -1.22. The molecule has 7 N–H and O–H groups in total. The van der Waals surface area contributed by atoms with Crippen molar-refractivity contribution in [2.45, 2.75) is 6.04 Å². The van der Waals surface area contributed by atoms with Crippen molar-refractivity contribution in [1.82, 2.24) is 0 Å². The largest absolute Gasteiger partial charge is 0.478 e. The molecule has 0 aliphatic carbocycles. The third-order valence-corrected chi connectivity index (χ3v) is 2.05. The van der Waals surface area contributed by atoms with Crippen LogP contribution in [0.3, 0.4) is 0 Å². The quantitative estimate of drug-likeness (QED) is 0.530. The van der Waals surface area contributed by atoms with E-state index in [1.54, 1.807) is 0 Å². The topological polar surface area (TPSA) is 115 Å². The predicted octanol–water partition coefficient (Wildman–Crippen LogP) is 0.0646. The number of benzene rings is 1. The van der Waals surface area contributed by atoms with Crippen molar-refractivity contribution in [2.24, 2.45) is 11.5 Å². The van der Waals surface area contributed by atoms with Gasteiger partial charge in [0.25, 0.3) is 0 Å². The molecule has 0 saturated carbocycles. The lowest BCUT2D eigenvalue weighted by molar-refractivity contribution is 0.0698. The summed E-state index contributed by atoms with van der Waals surface area (Å²) in [4.78, 5) is 10.7. The highest BCUT2D eigenvalue weighted by Gasteiger charge is 2.16. The van der Waals surface area contributed by atoms with Gasteiger partial charge < -0.3 is 22.3 Å². The summed E-state index contributed by atoms with van der Waals surface area (Å²) in [6.45, 7) is 0.0277.